The number of hydrogen-bond donors (Lipinski definition) is 1. The van der Waals surface area contributed by atoms with Crippen LogP contribution in [0.25, 0.3) is 6.08 Å². The molecule has 32 heavy (non-hydrogen) atoms. The Bertz CT molecular complexity index is 1130. The lowest BCUT2D eigenvalue weighted by Crippen LogP contribution is -2.54. The summed E-state index contributed by atoms with van der Waals surface area (Å²) in [6.07, 6.45) is 1.24. The quantitative estimate of drug-likeness (QED) is 0.282. The van der Waals surface area contributed by atoms with E-state index in [1.54, 1.807) is 6.92 Å². The number of thiocarbonyl (C=S) groups is 1. The summed E-state index contributed by atoms with van der Waals surface area (Å²) >= 11 is 17.4. The summed E-state index contributed by atoms with van der Waals surface area (Å²) in [5.41, 5.74) is -0.121. The number of nitrogens with one attached hydrogen (secondary N) is 1. The predicted octanol–water partition coefficient (Wildman–Crippen LogP) is 3.91. The van der Waals surface area contributed by atoms with Crippen molar-refractivity contribution in [1.29, 1.82) is 0 Å². The van der Waals surface area contributed by atoms with Crippen molar-refractivity contribution in [2.24, 2.45) is 0 Å². The Labute approximate surface area is 197 Å². The number of nitrogens with zero attached hydrogens (tertiary/aromatic N) is 1. The molecule has 0 radical (unpaired) electrons. The molecule has 0 aromatic heterocycles. The van der Waals surface area contributed by atoms with Gasteiger partial charge >= 0.3 is 5.97 Å². The van der Waals surface area contributed by atoms with Gasteiger partial charge in [0.15, 0.2) is 17.5 Å². The minimum absolute atomic E-state index is 0.0390. The molecule has 0 spiro atoms. The second kappa shape index (κ2) is 10.1. The smallest absolute Gasteiger partial charge is 0.344 e. The lowest BCUT2D eigenvalue weighted by molar-refractivity contribution is -0.145. The van der Waals surface area contributed by atoms with E-state index in [-0.39, 0.29) is 38.8 Å². The Morgan fingerprint density at radius 3 is 2.50 bits per heavy atom. The highest BCUT2D eigenvalue weighted by Gasteiger charge is 2.35. The standard InChI is InChI=1S/C21H15Cl2FN2O5S/c1-2-30-17(27)10-31-18-13(22)8-11(9-14(18)23)7-12-19(28)25-21(32)26(20(12)29)16-6-4-3-5-15(16)24/h3-9H,2,10H2,1H3,(H,25,28,32)/b12-7+. The van der Waals surface area contributed by atoms with E-state index in [2.05, 4.69) is 5.32 Å². The summed E-state index contributed by atoms with van der Waals surface area (Å²) < 4.78 is 24.3. The van der Waals surface area contributed by atoms with E-state index in [0.717, 1.165) is 4.90 Å². The van der Waals surface area contributed by atoms with Crippen LogP contribution in [0.5, 0.6) is 5.75 Å². The van der Waals surface area contributed by atoms with Gasteiger partial charge in [0.1, 0.15) is 11.4 Å². The van der Waals surface area contributed by atoms with Crippen LogP contribution in [0.2, 0.25) is 10.0 Å². The minimum Gasteiger partial charge on any atom is -0.479 e. The molecule has 1 aliphatic heterocycles. The van der Waals surface area contributed by atoms with Crippen LogP contribution in [0.4, 0.5) is 10.1 Å². The van der Waals surface area contributed by atoms with Crippen molar-refractivity contribution in [3.63, 3.8) is 0 Å². The van der Waals surface area contributed by atoms with Crippen LogP contribution in [-0.4, -0.2) is 36.1 Å². The summed E-state index contributed by atoms with van der Waals surface area (Å²) in [7, 11) is 0. The number of amides is 2. The summed E-state index contributed by atoms with van der Waals surface area (Å²) in [6, 6.07) is 8.30. The maximum atomic E-state index is 14.2. The van der Waals surface area contributed by atoms with Gasteiger partial charge in [0.05, 0.1) is 22.3 Å². The normalized spacial score (nSPS) is 15.1. The van der Waals surface area contributed by atoms with E-state index < -0.39 is 30.2 Å². The van der Waals surface area contributed by atoms with Crippen molar-refractivity contribution >= 4 is 70.1 Å². The van der Waals surface area contributed by atoms with Crippen LogP contribution >= 0.6 is 35.4 Å². The van der Waals surface area contributed by atoms with Gasteiger partial charge in [-0.05, 0) is 55.0 Å². The number of carbonyl (C=O) groups excluding carboxylic acids is 3. The van der Waals surface area contributed by atoms with Gasteiger partial charge in [0.25, 0.3) is 11.8 Å². The zero-order valence-electron chi connectivity index (χ0n) is 16.5. The zero-order valence-corrected chi connectivity index (χ0v) is 18.8. The predicted molar refractivity (Wildman–Crippen MR) is 121 cm³/mol. The molecule has 0 aliphatic carbocycles. The lowest BCUT2D eigenvalue weighted by Gasteiger charge is -2.29. The molecule has 1 saturated heterocycles. The number of anilines is 1. The lowest BCUT2D eigenvalue weighted by atomic mass is 10.1. The van der Waals surface area contributed by atoms with Gasteiger partial charge in [0.2, 0.25) is 0 Å². The van der Waals surface area contributed by atoms with Crippen molar-refractivity contribution in [3.05, 3.63) is 63.4 Å². The molecule has 2 amide bonds. The van der Waals surface area contributed by atoms with Crippen LogP contribution in [0, 0.1) is 5.82 Å². The molecule has 0 atom stereocenters. The van der Waals surface area contributed by atoms with E-state index in [4.69, 9.17) is 44.9 Å². The van der Waals surface area contributed by atoms with E-state index >= 15 is 0 Å². The van der Waals surface area contributed by atoms with Crippen molar-refractivity contribution in [1.82, 2.24) is 5.32 Å². The molecule has 1 N–H and O–H groups in total. The van der Waals surface area contributed by atoms with Crippen molar-refractivity contribution in [2.45, 2.75) is 6.92 Å². The van der Waals surface area contributed by atoms with Gasteiger partial charge in [-0.1, -0.05) is 35.3 Å². The molecule has 7 nitrogen and oxygen atoms in total. The summed E-state index contributed by atoms with van der Waals surface area (Å²) in [5.74, 6) is -2.83. The van der Waals surface area contributed by atoms with E-state index in [1.807, 2.05) is 0 Å². The largest absolute Gasteiger partial charge is 0.479 e. The number of benzene rings is 2. The van der Waals surface area contributed by atoms with Gasteiger partial charge in [-0.2, -0.15) is 0 Å². The molecule has 11 heteroatoms. The fourth-order valence-electron chi connectivity index (χ4n) is 2.81. The molecule has 3 rings (SSSR count). The molecule has 2 aromatic carbocycles. The first-order valence-electron chi connectivity index (χ1n) is 9.16. The van der Waals surface area contributed by atoms with Gasteiger partial charge < -0.3 is 9.47 Å². The van der Waals surface area contributed by atoms with E-state index in [9.17, 15) is 18.8 Å². The molecular formula is C21H15Cl2FN2O5S. The number of para-hydroxylation sites is 1. The molecule has 1 aliphatic rings. The number of ether oxygens (including phenoxy) is 2. The third kappa shape index (κ3) is 5.07. The fourth-order valence-corrected chi connectivity index (χ4v) is 3.70. The Morgan fingerprint density at radius 2 is 1.88 bits per heavy atom. The SMILES string of the molecule is CCOC(=O)COc1c(Cl)cc(/C=C2\C(=O)NC(=S)N(c3ccccc3F)C2=O)cc1Cl. The first kappa shape index (κ1) is 23.6. The summed E-state index contributed by atoms with van der Waals surface area (Å²) in [5, 5.41) is 2.19. The molecule has 1 fully saturated rings. The number of rotatable bonds is 6. The van der Waals surface area contributed by atoms with Crippen molar-refractivity contribution in [2.75, 3.05) is 18.1 Å². The van der Waals surface area contributed by atoms with Crippen molar-refractivity contribution < 1.29 is 28.2 Å². The minimum atomic E-state index is -0.821. The summed E-state index contributed by atoms with van der Waals surface area (Å²) in [4.78, 5) is 37.7. The van der Waals surface area contributed by atoms with Gasteiger partial charge in [-0.3, -0.25) is 14.9 Å². The average Bonchev–Trinajstić information content (AvgIpc) is 2.72. The molecule has 0 unspecified atom stereocenters. The van der Waals surface area contributed by atoms with Crippen LogP contribution in [0.15, 0.2) is 42.0 Å². The Hall–Kier alpha value is -3.01. The third-order valence-electron chi connectivity index (χ3n) is 4.17. The van der Waals surface area contributed by atoms with Crippen LogP contribution in [0.1, 0.15) is 12.5 Å². The van der Waals surface area contributed by atoms with Gasteiger partial charge in [0, 0.05) is 0 Å². The fraction of sp³-hybridized carbons (Fsp3) is 0.143. The van der Waals surface area contributed by atoms with Crippen molar-refractivity contribution in [3.8, 4) is 5.75 Å². The molecule has 1 heterocycles. The number of esters is 1. The summed E-state index contributed by atoms with van der Waals surface area (Å²) in [6.45, 7) is 1.45. The molecule has 166 valence electrons. The second-order valence-electron chi connectivity index (χ2n) is 6.32. The first-order chi connectivity index (χ1) is 15.2. The van der Waals surface area contributed by atoms with E-state index in [0.29, 0.717) is 5.56 Å². The Balaban J connectivity index is 1.92. The van der Waals surface area contributed by atoms with Crippen LogP contribution < -0.4 is 15.0 Å². The number of carbonyl (C=O) groups is 3. The highest BCUT2D eigenvalue weighted by Crippen LogP contribution is 2.35. The molecule has 0 bridgehead atoms. The number of hydrogen-bond acceptors (Lipinski definition) is 6. The van der Waals surface area contributed by atoms with Crippen LogP contribution in [0.3, 0.4) is 0 Å². The molecule has 0 saturated carbocycles. The monoisotopic (exact) mass is 496 g/mol. The van der Waals surface area contributed by atoms with Crippen LogP contribution in [-0.2, 0) is 19.1 Å². The first-order valence-corrected chi connectivity index (χ1v) is 10.3. The highest BCUT2D eigenvalue weighted by atomic mass is 35.5. The Morgan fingerprint density at radius 1 is 1.22 bits per heavy atom. The zero-order chi connectivity index (χ0) is 23.4. The molecule has 2 aromatic rings. The van der Waals surface area contributed by atoms with Gasteiger partial charge in [-0.25, -0.2) is 14.1 Å². The van der Waals surface area contributed by atoms with Gasteiger partial charge in [-0.15, -0.1) is 0 Å². The topological polar surface area (TPSA) is 84.9 Å². The maximum absolute atomic E-state index is 14.2. The average molecular weight is 497 g/mol. The third-order valence-corrected chi connectivity index (χ3v) is 5.01. The van der Waals surface area contributed by atoms with E-state index in [1.165, 1.54) is 42.5 Å². The Kier molecular flexibility index (Phi) is 7.44. The molecular weight excluding hydrogens is 482 g/mol. The maximum Gasteiger partial charge on any atom is 0.344 e. The number of halogens is 3. The highest BCUT2D eigenvalue weighted by molar-refractivity contribution is 7.80. The second-order valence-corrected chi connectivity index (χ2v) is 7.52.